The first-order chi connectivity index (χ1) is 9.06. The lowest BCUT2D eigenvalue weighted by Gasteiger charge is -2.06. The van der Waals surface area contributed by atoms with Gasteiger partial charge in [-0.1, -0.05) is 30.3 Å². The molecule has 0 aliphatic carbocycles. The molecule has 0 unspecified atom stereocenters. The van der Waals surface area contributed by atoms with Crippen molar-refractivity contribution in [2.24, 2.45) is 0 Å². The van der Waals surface area contributed by atoms with Crippen LogP contribution in [0.2, 0.25) is 0 Å². The second-order valence-corrected chi connectivity index (χ2v) is 5.84. The second-order valence-electron chi connectivity index (χ2n) is 4.79. The van der Waals surface area contributed by atoms with Crippen molar-refractivity contribution in [3.05, 3.63) is 64.7 Å². The van der Waals surface area contributed by atoms with E-state index < -0.39 is 0 Å². The summed E-state index contributed by atoms with van der Waals surface area (Å²) >= 11 is 1.77. The van der Waals surface area contributed by atoms with Crippen molar-refractivity contribution in [3.63, 3.8) is 0 Å². The Kier molecular flexibility index (Phi) is 4.43. The molecule has 0 spiro atoms. The number of thioether (sulfide) groups is 1. The van der Waals surface area contributed by atoms with E-state index >= 15 is 0 Å². The van der Waals surface area contributed by atoms with Crippen LogP contribution in [0.15, 0.2) is 47.4 Å². The highest BCUT2D eigenvalue weighted by Gasteiger charge is 2.02. The summed E-state index contributed by atoms with van der Waals surface area (Å²) in [7, 11) is 0. The molecule has 2 aromatic carbocycles. The Labute approximate surface area is 119 Å². The topological polar surface area (TPSA) is 17.1 Å². The predicted octanol–water partition coefficient (Wildman–Crippen LogP) is 4.80. The van der Waals surface area contributed by atoms with Crippen LogP contribution in [-0.4, -0.2) is 5.78 Å². The number of rotatable bonds is 4. The lowest BCUT2D eigenvalue weighted by atomic mass is 10.1. The molecular weight excluding hydrogens is 252 g/mol. The molecule has 0 atom stereocenters. The average molecular weight is 270 g/mol. The molecule has 19 heavy (non-hydrogen) atoms. The van der Waals surface area contributed by atoms with E-state index in [4.69, 9.17) is 0 Å². The Bertz CT molecular complexity index is 602. The van der Waals surface area contributed by atoms with Crippen LogP contribution in [0, 0.1) is 13.8 Å². The zero-order valence-corrected chi connectivity index (χ0v) is 12.4. The van der Waals surface area contributed by atoms with Crippen LogP contribution in [0.25, 0.3) is 0 Å². The first-order valence-corrected chi connectivity index (χ1v) is 7.35. The van der Waals surface area contributed by atoms with Gasteiger partial charge in [0, 0.05) is 16.2 Å². The zero-order valence-electron chi connectivity index (χ0n) is 11.6. The van der Waals surface area contributed by atoms with E-state index in [1.807, 2.05) is 18.2 Å². The van der Waals surface area contributed by atoms with Crippen molar-refractivity contribution in [1.82, 2.24) is 0 Å². The van der Waals surface area contributed by atoms with Crippen molar-refractivity contribution in [3.8, 4) is 0 Å². The van der Waals surface area contributed by atoms with Gasteiger partial charge in [-0.3, -0.25) is 4.79 Å². The van der Waals surface area contributed by atoms with Gasteiger partial charge in [0.05, 0.1) is 0 Å². The quantitative estimate of drug-likeness (QED) is 0.586. The number of hydrogen-bond acceptors (Lipinski definition) is 2. The Morgan fingerprint density at radius 3 is 2.53 bits per heavy atom. The number of carbonyl (C=O) groups is 1. The molecule has 0 fully saturated rings. The summed E-state index contributed by atoms with van der Waals surface area (Å²) in [5.74, 6) is 1.05. The van der Waals surface area contributed by atoms with Crippen LogP contribution in [0.3, 0.4) is 0 Å². The number of carbonyl (C=O) groups excluding carboxylic acids is 1. The number of hydrogen-bond donors (Lipinski definition) is 0. The minimum Gasteiger partial charge on any atom is -0.295 e. The molecular formula is C17H18OS. The van der Waals surface area contributed by atoms with Crippen LogP contribution in [0.4, 0.5) is 0 Å². The summed E-state index contributed by atoms with van der Waals surface area (Å²) in [5.41, 5.74) is 4.76. The zero-order chi connectivity index (χ0) is 13.8. The van der Waals surface area contributed by atoms with Crippen LogP contribution >= 0.6 is 11.8 Å². The summed E-state index contributed by atoms with van der Waals surface area (Å²) in [6, 6.07) is 14.4. The smallest absolute Gasteiger partial charge is 0.159 e. The summed E-state index contributed by atoms with van der Waals surface area (Å²) in [6.45, 7) is 5.87. The maximum Gasteiger partial charge on any atom is 0.159 e. The number of Topliss-reactive ketones (excluding diaryl/α,β-unsaturated/α-hetero) is 1. The van der Waals surface area contributed by atoms with Gasteiger partial charge in [0.1, 0.15) is 0 Å². The number of ketones is 1. The van der Waals surface area contributed by atoms with Gasteiger partial charge >= 0.3 is 0 Å². The number of aryl methyl sites for hydroxylation is 2. The molecule has 0 bridgehead atoms. The monoisotopic (exact) mass is 270 g/mol. The molecule has 98 valence electrons. The Morgan fingerprint density at radius 2 is 1.84 bits per heavy atom. The molecule has 0 amide bonds. The van der Waals surface area contributed by atoms with E-state index in [0.717, 1.165) is 16.2 Å². The Hall–Kier alpha value is -1.54. The maximum absolute atomic E-state index is 11.3. The largest absolute Gasteiger partial charge is 0.295 e. The molecule has 2 aromatic rings. The van der Waals surface area contributed by atoms with Gasteiger partial charge in [-0.2, -0.15) is 0 Å². The summed E-state index contributed by atoms with van der Waals surface area (Å²) in [4.78, 5) is 12.5. The van der Waals surface area contributed by atoms with E-state index in [1.165, 1.54) is 16.7 Å². The van der Waals surface area contributed by atoms with Gasteiger partial charge in [-0.05, 0) is 49.6 Å². The van der Waals surface area contributed by atoms with Crippen LogP contribution in [-0.2, 0) is 5.75 Å². The highest BCUT2D eigenvalue weighted by molar-refractivity contribution is 7.98. The predicted molar refractivity (Wildman–Crippen MR) is 81.9 cm³/mol. The number of benzene rings is 2. The molecule has 0 radical (unpaired) electrons. The SMILES string of the molecule is CC(=O)c1cccc(SCc2ccc(C)c(C)c2)c1. The second kappa shape index (κ2) is 6.07. The van der Waals surface area contributed by atoms with E-state index in [-0.39, 0.29) is 5.78 Å². The van der Waals surface area contributed by atoms with Crippen molar-refractivity contribution in [2.45, 2.75) is 31.4 Å². The van der Waals surface area contributed by atoms with Crippen LogP contribution in [0.5, 0.6) is 0 Å². The van der Waals surface area contributed by atoms with Gasteiger partial charge in [0.25, 0.3) is 0 Å². The average Bonchev–Trinajstić information content (AvgIpc) is 2.40. The molecule has 0 saturated heterocycles. The molecule has 2 heteroatoms. The third-order valence-electron chi connectivity index (χ3n) is 3.22. The Balaban J connectivity index is 2.07. The maximum atomic E-state index is 11.3. The normalized spacial score (nSPS) is 10.5. The molecule has 0 aliphatic rings. The molecule has 0 saturated carbocycles. The molecule has 1 nitrogen and oxygen atoms in total. The standard InChI is InChI=1S/C17H18OS/c1-12-7-8-15(9-13(12)2)11-19-17-6-4-5-16(10-17)14(3)18/h4-10H,11H2,1-3H3. The minimum atomic E-state index is 0.119. The van der Waals surface area contributed by atoms with Gasteiger partial charge < -0.3 is 0 Å². The molecule has 0 aromatic heterocycles. The van der Waals surface area contributed by atoms with E-state index in [2.05, 4.69) is 38.1 Å². The highest BCUT2D eigenvalue weighted by atomic mass is 32.2. The van der Waals surface area contributed by atoms with Crippen LogP contribution < -0.4 is 0 Å². The van der Waals surface area contributed by atoms with Gasteiger partial charge in [0.2, 0.25) is 0 Å². The van der Waals surface area contributed by atoms with Gasteiger partial charge in [-0.15, -0.1) is 11.8 Å². The molecule has 0 N–H and O–H groups in total. The van der Waals surface area contributed by atoms with Gasteiger partial charge in [0.15, 0.2) is 5.78 Å². The third-order valence-corrected chi connectivity index (χ3v) is 4.28. The minimum absolute atomic E-state index is 0.119. The first-order valence-electron chi connectivity index (χ1n) is 6.36. The van der Waals surface area contributed by atoms with E-state index in [9.17, 15) is 4.79 Å². The fourth-order valence-electron chi connectivity index (χ4n) is 1.86. The van der Waals surface area contributed by atoms with E-state index in [0.29, 0.717) is 0 Å². The van der Waals surface area contributed by atoms with Crippen LogP contribution in [0.1, 0.15) is 34.0 Å². The summed E-state index contributed by atoms with van der Waals surface area (Å²) in [5, 5.41) is 0. The van der Waals surface area contributed by atoms with Crippen molar-refractivity contribution in [2.75, 3.05) is 0 Å². The Morgan fingerprint density at radius 1 is 1.05 bits per heavy atom. The highest BCUT2D eigenvalue weighted by Crippen LogP contribution is 2.24. The molecule has 0 heterocycles. The summed E-state index contributed by atoms with van der Waals surface area (Å²) in [6.07, 6.45) is 0. The van der Waals surface area contributed by atoms with Crippen molar-refractivity contribution in [1.29, 1.82) is 0 Å². The van der Waals surface area contributed by atoms with Crippen molar-refractivity contribution >= 4 is 17.5 Å². The van der Waals surface area contributed by atoms with Gasteiger partial charge in [-0.25, -0.2) is 0 Å². The first kappa shape index (κ1) is 13.9. The fourth-order valence-corrected chi connectivity index (χ4v) is 2.76. The summed E-state index contributed by atoms with van der Waals surface area (Å²) < 4.78 is 0. The van der Waals surface area contributed by atoms with Crippen molar-refractivity contribution < 1.29 is 4.79 Å². The fraction of sp³-hybridized carbons (Fsp3) is 0.235. The third kappa shape index (κ3) is 3.71. The molecule has 0 aliphatic heterocycles. The van der Waals surface area contributed by atoms with E-state index in [1.54, 1.807) is 18.7 Å². The lowest BCUT2D eigenvalue weighted by Crippen LogP contribution is -1.91. The molecule has 2 rings (SSSR count). The lowest BCUT2D eigenvalue weighted by molar-refractivity contribution is 0.101.